The molecule has 24 heavy (non-hydrogen) atoms. The Kier molecular flexibility index (Phi) is 8.25. The summed E-state index contributed by atoms with van der Waals surface area (Å²) in [5, 5.41) is 10.4. The number of rotatable bonds is 10. The fourth-order valence-corrected chi connectivity index (χ4v) is 2.53. The zero-order valence-electron chi connectivity index (χ0n) is 14.2. The number of aliphatic hydroxyl groups excluding tert-OH is 1. The van der Waals surface area contributed by atoms with Crippen molar-refractivity contribution in [3.8, 4) is 0 Å². The fraction of sp³-hybridized carbons (Fsp3) is 0.333. The molecule has 0 aliphatic rings. The predicted molar refractivity (Wildman–Crippen MR) is 96.8 cm³/mol. The summed E-state index contributed by atoms with van der Waals surface area (Å²) in [6.45, 7) is 0.173. The number of allylic oxidation sites excluding steroid dienone is 1. The van der Waals surface area contributed by atoms with Crippen LogP contribution in [-0.2, 0) is 22.3 Å². The van der Waals surface area contributed by atoms with Crippen molar-refractivity contribution in [3.05, 3.63) is 83.9 Å². The van der Waals surface area contributed by atoms with Crippen LogP contribution in [0.1, 0.15) is 17.5 Å². The summed E-state index contributed by atoms with van der Waals surface area (Å²) in [4.78, 5) is 0. The van der Waals surface area contributed by atoms with Crippen LogP contribution >= 0.6 is 0 Å². The Hall–Kier alpha value is -1.94. The van der Waals surface area contributed by atoms with Crippen LogP contribution in [0.15, 0.2) is 72.8 Å². The molecule has 0 unspecified atom stereocenters. The lowest BCUT2D eigenvalue weighted by Gasteiger charge is -2.21. The normalized spacial score (nSPS) is 13.9. The van der Waals surface area contributed by atoms with Crippen LogP contribution in [0, 0.1) is 0 Å². The number of aliphatic hydroxyl groups is 1. The van der Waals surface area contributed by atoms with E-state index in [-0.39, 0.29) is 12.9 Å². The maximum absolute atomic E-state index is 10.4. The van der Waals surface area contributed by atoms with E-state index >= 15 is 0 Å². The summed E-state index contributed by atoms with van der Waals surface area (Å²) in [7, 11) is 1.58. The second-order valence-corrected chi connectivity index (χ2v) is 5.74. The molecular weight excluding hydrogens is 300 g/mol. The molecule has 0 aliphatic carbocycles. The summed E-state index contributed by atoms with van der Waals surface area (Å²) >= 11 is 0. The molecule has 2 aromatic carbocycles. The van der Waals surface area contributed by atoms with E-state index in [1.54, 1.807) is 7.11 Å². The smallest absolute Gasteiger partial charge is 0.146 e. The van der Waals surface area contributed by atoms with E-state index in [1.807, 2.05) is 60.7 Å². The molecule has 1 N–H and O–H groups in total. The highest BCUT2D eigenvalue weighted by molar-refractivity contribution is 5.17. The fourth-order valence-electron chi connectivity index (χ4n) is 2.53. The minimum atomic E-state index is -0.656. The summed E-state index contributed by atoms with van der Waals surface area (Å²) in [6.07, 6.45) is 5.37. The quantitative estimate of drug-likeness (QED) is 0.533. The molecule has 0 fully saturated rings. The van der Waals surface area contributed by atoms with Gasteiger partial charge in [-0.1, -0.05) is 72.8 Å². The average molecular weight is 326 g/mol. The average Bonchev–Trinajstić information content (AvgIpc) is 2.64. The van der Waals surface area contributed by atoms with Gasteiger partial charge in [-0.2, -0.15) is 0 Å². The van der Waals surface area contributed by atoms with E-state index < -0.39 is 6.10 Å². The first-order valence-electron chi connectivity index (χ1n) is 8.32. The molecule has 3 nitrogen and oxygen atoms in total. The Morgan fingerprint density at radius 1 is 0.958 bits per heavy atom. The molecule has 3 heteroatoms. The van der Waals surface area contributed by atoms with Crippen molar-refractivity contribution in [2.24, 2.45) is 0 Å². The van der Waals surface area contributed by atoms with Crippen LogP contribution in [0.5, 0.6) is 0 Å². The zero-order chi connectivity index (χ0) is 17.0. The van der Waals surface area contributed by atoms with Gasteiger partial charge in [0.05, 0.1) is 12.2 Å². The lowest BCUT2D eigenvalue weighted by molar-refractivity contribution is -0.101. The van der Waals surface area contributed by atoms with Gasteiger partial charge in [0.15, 0.2) is 0 Å². The van der Waals surface area contributed by atoms with Gasteiger partial charge in [0.25, 0.3) is 0 Å². The number of hydrogen-bond donors (Lipinski definition) is 1. The van der Waals surface area contributed by atoms with Crippen molar-refractivity contribution in [2.75, 3.05) is 13.9 Å². The Balaban J connectivity index is 1.86. The Labute approximate surface area is 144 Å². The molecule has 128 valence electrons. The lowest BCUT2D eigenvalue weighted by atomic mass is 10.0. The van der Waals surface area contributed by atoms with Crippen LogP contribution < -0.4 is 0 Å². The molecule has 0 heterocycles. The first-order chi connectivity index (χ1) is 11.8. The van der Waals surface area contributed by atoms with Crippen molar-refractivity contribution >= 4 is 0 Å². The minimum absolute atomic E-state index is 0.173. The topological polar surface area (TPSA) is 38.7 Å². The molecule has 0 saturated heterocycles. The van der Waals surface area contributed by atoms with E-state index in [9.17, 15) is 5.11 Å². The van der Waals surface area contributed by atoms with E-state index in [0.717, 1.165) is 18.4 Å². The van der Waals surface area contributed by atoms with Crippen molar-refractivity contribution in [1.29, 1.82) is 0 Å². The van der Waals surface area contributed by atoms with Crippen LogP contribution in [0.4, 0.5) is 0 Å². The van der Waals surface area contributed by atoms with Crippen LogP contribution in [0.25, 0.3) is 0 Å². The Morgan fingerprint density at radius 3 is 2.21 bits per heavy atom. The third kappa shape index (κ3) is 6.67. The van der Waals surface area contributed by atoms with E-state index in [0.29, 0.717) is 6.42 Å². The zero-order valence-corrected chi connectivity index (χ0v) is 14.2. The van der Waals surface area contributed by atoms with Gasteiger partial charge in [-0.3, -0.25) is 0 Å². The Morgan fingerprint density at radius 2 is 1.58 bits per heavy atom. The molecule has 2 rings (SSSR count). The second-order valence-electron chi connectivity index (χ2n) is 5.74. The summed E-state index contributed by atoms with van der Waals surface area (Å²) in [5.41, 5.74) is 2.43. The van der Waals surface area contributed by atoms with Crippen molar-refractivity contribution in [3.63, 3.8) is 0 Å². The van der Waals surface area contributed by atoms with E-state index in [4.69, 9.17) is 9.47 Å². The molecule has 0 aromatic heterocycles. The van der Waals surface area contributed by atoms with E-state index in [1.165, 1.54) is 5.56 Å². The molecule has 0 amide bonds. The molecular formula is C21H26O3. The van der Waals surface area contributed by atoms with Crippen LogP contribution in [0.3, 0.4) is 0 Å². The Bertz CT molecular complexity index is 581. The predicted octanol–water partition coefficient (Wildman–Crippen LogP) is 3.77. The standard InChI is InChI=1S/C21H26O3/c1-23-17-24-21(16-19-13-6-3-7-14-19)20(22)15-9-8-12-18-10-4-2-5-11-18/h2-7,9-11,13-15,20-22H,8,12,16-17H2,1H3/b15-9+/t20-,21+/m1/s1. The van der Waals surface area contributed by atoms with Gasteiger partial charge in [0.1, 0.15) is 6.79 Å². The monoisotopic (exact) mass is 326 g/mol. The third-order valence-electron chi connectivity index (χ3n) is 3.84. The first-order valence-corrected chi connectivity index (χ1v) is 8.32. The first kappa shape index (κ1) is 18.4. The number of hydrogen-bond acceptors (Lipinski definition) is 3. The van der Waals surface area contributed by atoms with E-state index in [2.05, 4.69) is 12.1 Å². The molecule has 0 aliphatic heterocycles. The van der Waals surface area contributed by atoms with Crippen molar-refractivity contribution in [1.82, 2.24) is 0 Å². The molecule has 0 bridgehead atoms. The maximum Gasteiger partial charge on any atom is 0.146 e. The van der Waals surface area contributed by atoms with Crippen LogP contribution in [-0.4, -0.2) is 31.2 Å². The molecule has 0 radical (unpaired) electrons. The molecule has 2 atom stereocenters. The van der Waals surface area contributed by atoms with Crippen molar-refractivity contribution in [2.45, 2.75) is 31.5 Å². The lowest BCUT2D eigenvalue weighted by Crippen LogP contribution is -2.30. The van der Waals surface area contributed by atoms with Crippen LogP contribution in [0.2, 0.25) is 0 Å². The maximum atomic E-state index is 10.4. The van der Waals surface area contributed by atoms with Gasteiger partial charge in [0, 0.05) is 13.5 Å². The number of methoxy groups -OCH3 is 1. The highest BCUT2D eigenvalue weighted by atomic mass is 16.7. The summed E-state index contributed by atoms with van der Waals surface area (Å²) in [5.74, 6) is 0. The number of benzene rings is 2. The number of ether oxygens (including phenoxy) is 2. The van der Waals surface area contributed by atoms with Gasteiger partial charge in [-0.05, 0) is 24.0 Å². The van der Waals surface area contributed by atoms with Gasteiger partial charge >= 0.3 is 0 Å². The largest absolute Gasteiger partial charge is 0.386 e. The highest BCUT2D eigenvalue weighted by Crippen LogP contribution is 2.12. The van der Waals surface area contributed by atoms with Gasteiger partial charge in [-0.15, -0.1) is 0 Å². The van der Waals surface area contributed by atoms with Gasteiger partial charge in [-0.25, -0.2) is 0 Å². The SMILES string of the molecule is COCO[C@@H](Cc1ccccc1)[C@H](O)/C=C/CCc1ccccc1. The molecule has 2 aromatic rings. The minimum Gasteiger partial charge on any atom is -0.386 e. The third-order valence-corrected chi connectivity index (χ3v) is 3.84. The highest BCUT2D eigenvalue weighted by Gasteiger charge is 2.18. The van der Waals surface area contributed by atoms with Gasteiger partial charge in [0.2, 0.25) is 0 Å². The number of aryl methyl sites for hydroxylation is 1. The second kappa shape index (κ2) is 10.8. The van der Waals surface area contributed by atoms with Crippen molar-refractivity contribution < 1.29 is 14.6 Å². The summed E-state index contributed by atoms with van der Waals surface area (Å²) < 4.78 is 10.6. The summed E-state index contributed by atoms with van der Waals surface area (Å²) in [6, 6.07) is 20.4. The molecule has 0 spiro atoms. The van der Waals surface area contributed by atoms with Gasteiger partial charge < -0.3 is 14.6 Å². The molecule has 0 saturated carbocycles.